The highest BCUT2D eigenvalue weighted by Gasteiger charge is 2.23. The van der Waals surface area contributed by atoms with Gasteiger partial charge in [-0.05, 0) is 6.07 Å². The topological polar surface area (TPSA) is 77.1 Å². The van der Waals surface area contributed by atoms with E-state index < -0.39 is 53.4 Å². The Morgan fingerprint density at radius 1 is 0.946 bits per heavy atom. The summed E-state index contributed by atoms with van der Waals surface area (Å²) in [5, 5.41) is 10.2. The van der Waals surface area contributed by atoms with Gasteiger partial charge < -0.3 is 5.32 Å². The fourth-order valence-electron chi connectivity index (χ4n) is 3.68. The third kappa shape index (κ3) is 4.50. The van der Waals surface area contributed by atoms with Crippen molar-refractivity contribution >= 4 is 17.2 Å². The van der Waals surface area contributed by atoms with Crippen LogP contribution >= 0.6 is 0 Å². The first-order chi connectivity index (χ1) is 17.7. The Morgan fingerprint density at radius 3 is 2.43 bits per heavy atom. The Kier molecular flexibility index (Phi) is 6.11. The molecule has 0 bridgehead atoms. The standard InChI is InChI=1S/C24H14F6N6O/c25-16-6-17(26)21(28)20(27)15(16)11-35-10-13(8-31-35)33-24(37)14-9-32-36-19(22(29)30)7-18(34-23(14)36)12-4-2-1-3-5-12/h1-10,22H,11H2,(H,33,37). The van der Waals surface area contributed by atoms with Crippen LogP contribution in [0.2, 0.25) is 0 Å². The Morgan fingerprint density at radius 2 is 1.70 bits per heavy atom. The summed E-state index contributed by atoms with van der Waals surface area (Å²) in [5.74, 6) is -7.26. The van der Waals surface area contributed by atoms with Crippen LogP contribution in [0.15, 0.2) is 61.1 Å². The van der Waals surface area contributed by atoms with Gasteiger partial charge in [0.25, 0.3) is 12.3 Å². The number of rotatable bonds is 6. The molecular weight excluding hydrogens is 502 g/mol. The third-order valence-corrected chi connectivity index (χ3v) is 5.46. The number of fused-ring (bicyclic) bond motifs is 1. The smallest absolute Gasteiger partial charge is 0.280 e. The minimum absolute atomic E-state index is 0.0704. The summed E-state index contributed by atoms with van der Waals surface area (Å²) in [6.07, 6.45) is 0.512. The average molecular weight is 516 g/mol. The van der Waals surface area contributed by atoms with Crippen molar-refractivity contribution in [3.63, 3.8) is 0 Å². The molecule has 0 saturated carbocycles. The number of carbonyl (C=O) groups excluding carboxylic acids is 1. The first-order valence-electron chi connectivity index (χ1n) is 10.6. The highest BCUT2D eigenvalue weighted by molar-refractivity contribution is 6.08. The molecule has 13 heteroatoms. The number of nitrogens with zero attached hydrogens (tertiary/aromatic N) is 5. The molecule has 1 amide bonds. The van der Waals surface area contributed by atoms with Crippen LogP contribution in [-0.4, -0.2) is 30.3 Å². The van der Waals surface area contributed by atoms with Crippen LogP contribution in [-0.2, 0) is 6.54 Å². The molecule has 7 nitrogen and oxygen atoms in total. The van der Waals surface area contributed by atoms with Gasteiger partial charge in [0.2, 0.25) is 0 Å². The molecule has 1 N–H and O–H groups in total. The number of halogens is 6. The van der Waals surface area contributed by atoms with E-state index in [1.54, 1.807) is 30.3 Å². The Hall–Kier alpha value is -4.68. The van der Waals surface area contributed by atoms with Gasteiger partial charge in [0.1, 0.15) is 17.1 Å². The molecule has 0 fully saturated rings. The lowest BCUT2D eigenvalue weighted by molar-refractivity contribution is 0.102. The SMILES string of the molecule is O=C(Nc1cnn(Cc2c(F)cc(F)c(F)c2F)c1)c1cnn2c(C(F)F)cc(-c3ccccc3)nc12. The summed E-state index contributed by atoms with van der Waals surface area (Å²) in [6, 6.07) is 9.93. The van der Waals surface area contributed by atoms with Crippen LogP contribution in [0.1, 0.15) is 28.0 Å². The fraction of sp³-hybridized carbons (Fsp3) is 0.0833. The lowest BCUT2D eigenvalue weighted by Crippen LogP contribution is -2.12. The predicted molar refractivity (Wildman–Crippen MR) is 119 cm³/mol. The van der Waals surface area contributed by atoms with Gasteiger partial charge in [-0.2, -0.15) is 10.2 Å². The van der Waals surface area contributed by atoms with Crippen molar-refractivity contribution in [1.82, 2.24) is 24.4 Å². The van der Waals surface area contributed by atoms with E-state index in [4.69, 9.17) is 0 Å². The molecule has 0 aliphatic heterocycles. The van der Waals surface area contributed by atoms with Crippen LogP contribution in [0.25, 0.3) is 16.9 Å². The molecule has 37 heavy (non-hydrogen) atoms. The number of hydrogen-bond donors (Lipinski definition) is 1. The molecule has 3 heterocycles. The van der Waals surface area contributed by atoms with Crippen molar-refractivity contribution in [1.29, 1.82) is 0 Å². The molecule has 0 radical (unpaired) electrons. The number of aromatic nitrogens is 5. The van der Waals surface area contributed by atoms with E-state index in [2.05, 4.69) is 20.5 Å². The van der Waals surface area contributed by atoms with Gasteiger partial charge >= 0.3 is 0 Å². The maximum atomic E-state index is 14.0. The van der Waals surface area contributed by atoms with Crippen LogP contribution in [0.3, 0.4) is 0 Å². The zero-order valence-corrected chi connectivity index (χ0v) is 18.5. The second-order valence-corrected chi connectivity index (χ2v) is 7.85. The molecule has 5 rings (SSSR count). The number of amides is 1. The molecule has 0 aliphatic rings. The predicted octanol–water partition coefficient (Wildman–Crippen LogP) is 5.39. The summed E-state index contributed by atoms with van der Waals surface area (Å²) in [6.45, 7) is -0.596. The van der Waals surface area contributed by atoms with E-state index in [0.717, 1.165) is 21.6 Å². The highest BCUT2D eigenvalue weighted by atomic mass is 19.3. The average Bonchev–Trinajstić information content (AvgIpc) is 3.52. The van der Waals surface area contributed by atoms with Crippen LogP contribution < -0.4 is 5.32 Å². The zero-order chi connectivity index (χ0) is 26.3. The minimum Gasteiger partial charge on any atom is -0.319 e. The normalized spacial score (nSPS) is 11.4. The van der Waals surface area contributed by atoms with Crippen LogP contribution in [0.4, 0.5) is 32.0 Å². The summed E-state index contributed by atoms with van der Waals surface area (Å²) >= 11 is 0. The van der Waals surface area contributed by atoms with Gasteiger partial charge in [-0.15, -0.1) is 0 Å². The number of anilines is 1. The Bertz CT molecular complexity index is 1630. The van der Waals surface area contributed by atoms with E-state index in [1.165, 1.54) is 12.3 Å². The van der Waals surface area contributed by atoms with Gasteiger partial charge in [-0.3, -0.25) is 9.48 Å². The summed E-state index contributed by atoms with van der Waals surface area (Å²) < 4.78 is 83.9. The van der Waals surface area contributed by atoms with Gasteiger partial charge in [-0.1, -0.05) is 30.3 Å². The first-order valence-corrected chi connectivity index (χ1v) is 10.6. The number of benzene rings is 2. The molecule has 0 unspecified atom stereocenters. The van der Waals surface area contributed by atoms with Crippen molar-refractivity contribution in [2.45, 2.75) is 13.0 Å². The van der Waals surface area contributed by atoms with Gasteiger partial charge in [0.05, 0.1) is 30.3 Å². The quantitative estimate of drug-likeness (QED) is 0.187. The summed E-state index contributed by atoms with van der Waals surface area (Å²) in [5.41, 5.74) is -0.636. The fourth-order valence-corrected chi connectivity index (χ4v) is 3.68. The van der Waals surface area contributed by atoms with Gasteiger partial charge in [-0.25, -0.2) is 35.8 Å². The van der Waals surface area contributed by atoms with Crippen molar-refractivity contribution in [3.8, 4) is 11.3 Å². The largest absolute Gasteiger partial charge is 0.319 e. The first kappa shape index (κ1) is 24.0. The zero-order valence-electron chi connectivity index (χ0n) is 18.5. The second-order valence-electron chi connectivity index (χ2n) is 7.85. The summed E-state index contributed by atoms with van der Waals surface area (Å²) in [7, 11) is 0. The van der Waals surface area contributed by atoms with Crippen LogP contribution in [0, 0.1) is 23.3 Å². The molecule has 0 aliphatic carbocycles. The lowest BCUT2D eigenvalue weighted by atomic mass is 10.1. The Labute approximate surface area is 204 Å². The van der Waals surface area contributed by atoms with E-state index in [0.29, 0.717) is 5.56 Å². The second kappa shape index (κ2) is 9.41. The molecule has 5 aromatic rings. The summed E-state index contributed by atoms with van der Waals surface area (Å²) in [4.78, 5) is 17.3. The van der Waals surface area contributed by atoms with E-state index in [9.17, 15) is 31.1 Å². The molecule has 188 valence electrons. The van der Waals surface area contributed by atoms with Crippen LogP contribution in [0.5, 0.6) is 0 Å². The van der Waals surface area contributed by atoms with E-state index in [-0.39, 0.29) is 28.7 Å². The van der Waals surface area contributed by atoms with Crippen molar-refractivity contribution < 1.29 is 31.1 Å². The molecule has 0 atom stereocenters. The van der Waals surface area contributed by atoms with Crippen molar-refractivity contribution in [3.05, 3.63) is 101 Å². The third-order valence-electron chi connectivity index (χ3n) is 5.46. The van der Waals surface area contributed by atoms with Crippen molar-refractivity contribution in [2.75, 3.05) is 5.32 Å². The molecule has 0 spiro atoms. The number of hydrogen-bond acceptors (Lipinski definition) is 4. The minimum atomic E-state index is -2.90. The molecule has 0 saturated heterocycles. The molecular formula is C24H14F6N6O. The lowest BCUT2D eigenvalue weighted by Gasteiger charge is -2.08. The molecule has 3 aromatic heterocycles. The number of carbonyl (C=O) groups is 1. The van der Waals surface area contributed by atoms with E-state index in [1.807, 2.05) is 0 Å². The van der Waals surface area contributed by atoms with Gasteiger partial charge in [0, 0.05) is 23.4 Å². The number of nitrogens with one attached hydrogen (secondary N) is 1. The van der Waals surface area contributed by atoms with E-state index >= 15 is 0 Å². The maximum Gasteiger partial charge on any atom is 0.280 e. The number of alkyl halides is 2. The maximum absolute atomic E-state index is 14.0. The highest BCUT2D eigenvalue weighted by Crippen LogP contribution is 2.27. The monoisotopic (exact) mass is 516 g/mol. The van der Waals surface area contributed by atoms with Crippen molar-refractivity contribution in [2.24, 2.45) is 0 Å². The van der Waals surface area contributed by atoms with Gasteiger partial charge in [0.15, 0.2) is 23.1 Å². The Balaban J connectivity index is 1.43. The molecule has 2 aromatic carbocycles.